The van der Waals surface area contributed by atoms with E-state index in [-0.39, 0.29) is 30.8 Å². The van der Waals surface area contributed by atoms with Gasteiger partial charge in [0, 0.05) is 30.6 Å². The van der Waals surface area contributed by atoms with Crippen molar-refractivity contribution in [2.75, 3.05) is 13.6 Å². The lowest BCUT2D eigenvalue weighted by Gasteiger charge is -2.15. The quantitative estimate of drug-likeness (QED) is 0.679. The lowest BCUT2D eigenvalue weighted by atomic mass is 10.0. The molecule has 0 atom stereocenters. The van der Waals surface area contributed by atoms with E-state index in [0.717, 1.165) is 6.07 Å². The van der Waals surface area contributed by atoms with Crippen LogP contribution >= 0.6 is 0 Å². The largest absolute Gasteiger partial charge is 0.368 e. The average Bonchev–Trinajstić information content (AvgIpc) is 2.98. The van der Waals surface area contributed by atoms with Crippen LogP contribution in [0.25, 0.3) is 22.2 Å². The SMILES string of the molecule is CN(CC(N)=O)C(=O)CCc1c(-c2ccc(F)cc2)[nH]c2c(F)cc(F)cc12. The second-order valence-corrected chi connectivity index (χ2v) is 6.51. The summed E-state index contributed by atoms with van der Waals surface area (Å²) < 4.78 is 41.3. The molecule has 5 nitrogen and oxygen atoms in total. The number of amides is 2. The van der Waals surface area contributed by atoms with Crippen molar-refractivity contribution in [2.45, 2.75) is 12.8 Å². The molecule has 0 fully saturated rings. The molecule has 0 saturated heterocycles. The number of rotatable bonds is 6. The number of fused-ring (bicyclic) bond motifs is 1. The summed E-state index contributed by atoms with van der Waals surface area (Å²) in [6, 6.07) is 7.50. The van der Waals surface area contributed by atoms with Gasteiger partial charge in [0.2, 0.25) is 11.8 Å². The van der Waals surface area contributed by atoms with Gasteiger partial charge >= 0.3 is 0 Å². The van der Waals surface area contributed by atoms with Crippen molar-refractivity contribution >= 4 is 22.7 Å². The Bertz CT molecular complexity index is 1050. The first-order valence-electron chi connectivity index (χ1n) is 8.54. The number of hydrogen-bond donors (Lipinski definition) is 2. The van der Waals surface area contributed by atoms with E-state index in [1.54, 1.807) is 0 Å². The number of aromatic nitrogens is 1. The van der Waals surface area contributed by atoms with Gasteiger partial charge in [0.05, 0.1) is 12.1 Å². The number of nitrogens with zero attached hydrogens (tertiary/aromatic N) is 1. The van der Waals surface area contributed by atoms with Gasteiger partial charge in [-0.05, 0) is 47.9 Å². The third-order valence-electron chi connectivity index (χ3n) is 4.47. The minimum atomic E-state index is -0.762. The fraction of sp³-hybridized carbons (Fsp3) is 0.200. The number of aryl methyl sites for hydroxylation is 1. The molecule has 146 valence electrons. The van der Waals surface area contributed by atoms with Crippen molar-refractivity contribution in [2.24, 2.45) is 5.73 Å². The molecule has 28 heavy (non-hydrogen) atoms. The van der Waals surface area contributed by atoms with Crippen molar-refractivity contribution in [3.8, 4) is 11.3 Å². The predicted octanol–water partition coefficient (Wildman–Crippen LogP) is 3.13. The van der Waals surface area contributed by atoms with Gasteiger partial charge in [-0.1, -0.05) is 0 Å². The lowest BCUT2D eigenvalue weighted by molar-refractivity contribution is -0.133. The highest BCUT2D eigenvalue weighted by atomic mass is 19.1. The van der Waals surface area contributed by atoms with Crippen molar-refractivity contribution in [1.82, 2.24) is 9.88 Å². The topological polar surface area (TPSA) is 79.2 Å². The minimum Gasteiger partial charge on any atom is -0.368 e. The molecule has 2 aromatic carbocycles. The van der Waals surface area contributed by atoms with Gasteiger partial charge in [0.15, 0.2) is 0 Å². The molecule has 8 heteroatoms. The maximum atomic E-state index is 14.2. The summed E-state index contributed by atoms with van der Waals surface area (Å²) >= 11 is 0. The molecule has 3 rings (SSSR count). The van der Waals surface area contributed by atoms with E-state index in [4.69, 9.17) is 5.73 Å². The molecule has 3 aromatic rings. The molecule has 0 spiro atoms. The highest BCUT2D eigenvalue weighted by Gasteiger charge is 2.19. The summed E-state index contributed by atoms with van der Waals surface area (Å²) in [5.41, 5.74) is 6.78. The molecule has 0 aliphatic carbocycles. The Morgan fingerprint density at radius 1 is 1.07 bits per heavy atom. The molecule has 0 radical (unpaired) electrons. The zero-order chi connectivity index (χ0) is 20.4. The first-order valence-corrected chi connectivity index (χ1v) is 8.54. The monoisotopic (exact) mass is 389 g/mol. The van der Waals surface area contributed by atoms with E-state index in [9.17, 15) is 22.8 Å². The van der Waals surface area contributed by atoms with E-state index >= 15 is 0 Å². The number of carbonyl (C=O) groups is 2. The lowest BCUT2D eigenvalue weighted by Crippen LogP contribution is -2.35. The fourth-order valence-corrected chi connectivity index (χ4v) is 3.14. The number of aromatic amines is 1. The van der Waals surface area contributed by atoms with E-state index < -0.39 is 23.4 Å². The van der Waals surface area contributed by atoms with Gasteiger partial charge in [0.25, 0.3) is 0 Å². The Morgan fingerprint density at radius 3 is 2.39 bits per heavy atom. The zero-order valence-electron chi connectivity index (χ0n) is 15.1. The van der Waals surface area contributed by atoms with Gasteiger partial charge < -0.3 is 15.6 Å². The molecule has 1 heterocycles. The Morgan fingerprint density at radius 2 is 1.75 bits per heavy atom. The number of carbonyl (C=O) groups excluding carboxylic acids is 2. The maximum absolute atomic E-state index is 14.2. The highest BCUT2D eigenvalue weighted by Crippen LogP contribution is 2.33. The molecule has 0 bridgehead atoms. The van der Waals surface area contributed by atoms with Crippen LogP contribution in [0, 0.1) is 17.5 Å². The first kappa shape index (κ1) is 19.5. The predicted molar refractivity (Wildman–Crippen MR) is 98.8 cm³/mol. The average molecular weight is 389 g/mol. The van der Waals surface area contributed by atoms with Crippen LogP contribution < -0.4 is 5.73 Å². The molecule has 2 amide bonds. The fourth-order valence-electron chi connectivity index (χ4n) is 3.14. The van der Waals surface area contributed by atoms with Crippen LogP contribution in [0.3, 0.4) is 0 Å². The van der Waals surface area contributed by atoms with Gasteiger partial charge in [0.1, 0.15) is 17.5 Å². The van der Waals surface area contributed by atoms with Crippen LogP contribution in [0.4, 0.5) is 13.2 Å². The van der Waals surface area contributed by atoms with Crippen LogP contribution in [0.5, 0.6) is 0 Å². The molecular formula is C20H18F3N3O2. The molecule has 0 unspecified atom stereocenters. The Balaban J connectivity index is 2.01. The van der Waals surface area contributed by atoms with Gasteiger partial charge in [-0.3, -0.25) is 9.59 Å². The minimum absolute atomic E-state index is 0.00304. The summed E-state index contributed by atoms with van der Waals surface area (Å²) in [6.45, 7) is -0.221. The second-order valence-electron chi connectivity index (χ2n) is 6.51. The van der Waals surface area contributed by atoms with Crippen LogP contribution in [-0.4, -0.2) is 35.3 Å². The van der Waals surface area contributed by atoms with Crippen molar-refractivity contribution in [3.63, 3.8) is 0 Å². The summed E-state index contributed by atoms with van der Waals surface area (Å²) in [6.07, 6.45) is 0.167. The van der Waals surface area contributed by atoms with Crippen molar-refractivity contribution in [3.05, 3.63) is 59.4 Å². The number of nitrogens with two attached hydrogens (primary N) is 1. The van der Waals surface area contributed by atoms with E-state index in [2.05, 4.69) is 4.98 Å². The molecule has 0 saturated carbocycles. The van der Waals surface area contributed by atoms with E-state index in [0.29, 0.717) is 22.2 Å². The molecular weight excluding hydrogens is 371 g/mol. The summed E-state index contributed by atoms with van der Waals surface area (Å²) in [5, 5.41) is 0.308. The van der Waals surface area contributed by atoms with Crippen LogP contribution in [-0.2, 0) is 16.0 Å². The van der Waals surface area contributed by atoms with Crippen LogP contribution in [0.2, 0.25) is 0 Å². The number of H-pyrrole nitrogens is 1. The third-order valence-corrected chi connectivity index (χ3v) is 4.47. The molecule has 0 aliphatic rings. The van der Waals surface area contributed by atoms with Gasteiger partial charge in [-0.2, -0.15) is 0 Å². The number of halogens is 3. The number of hydrogen-bond acceptors (Lipinski definition) is 2. The number of likely N-dealkylation sites (N-methyl/N-ethyl adjacent to an activating group) is 1. The van der Waals surface area contributed by atoms with Crippen molar-refractivity contribution < 1.29 is 22.8 Å². The van der Waals surface area contributed by atoms with Crippen LogP contribution in [0.1, 0.15) is 12.0 Å². The Hall–Kier alpha value is -3.29. The Labute approximate surface area is 158 Å². The smallest absolute Gasteiger partial charge is 0.237 e. The first-order chi connectivity index (χ1) is 13.3. The normalized spacial score (nSPS) is 11.0. The Kier molecular flexibility index (Phi) is 5.39. The van der Waals surface area contributed by atoms with Crippen LogP contribution in [0.15, 0.2) is 36.4 Å². The van der Waals surface area contributed by atoms with Crippen molar-refractivity contribution in [1.29, 1.82) is 0 Å². The van der Waals surface area contributed by atoms with E-state index in [1.807, 2.05) is 0 Å². The number of primary amides is 1. The molecule has 0 aliphatic heterocycles. The zero-order valence-corrected chi connectivity index (χ0v) is 15.1. The van der Waals surface area contributed by atoms with E-state index in [1.165, 1.54) is 42.3 Å². The maximum Gasteiger partial charge on any atom is 0.237 e. The standard InChI is InChI=1S/C20H18F3N3O2/c1-26(10-17(24)27)18(28)7-6-14-15-8-13(22)9-16(23)20(15)25-19(14)11-2-4-12(21)5-3-11/h2-5,8-9,25H,6-7,10H2,1H3,(H2,24,27). The van der Waals surface area contributed by atoms with Gasteiger partial charge in [-0.15, -0.1) is 0 Å². The third kappa shape index (κ3) is 4.00. The summed E-state index contributed by atoms with van der Waals surface area (Å²) in [5.74, 6) is -2.91. The summed E-state index contributed by atoms with van der Waals surface area (Å²) in [7, 11) is 1.45. The second kappa shape index (κ2) is 7.75. The molecule has 3 N–H and O–H groups in total. The highest BCUT2D eigenvalue weighted by molar-refractivity contribution is 5.92. The summed E-state index contributed by atoms with van der Waals surface area (Å²) in [4.78, 5) is 27.3. The number of benzene rings is 2. The van der Waals surface area contributed by atoms with Gasteiger partial charge in [-0.25, -0.2) is 13.2 Å². The molecule has 1 aromatic heterocycles. The number of nitrogens with one attached hydrogen (secondary N) is 1.